The van der Waals surface area contributed by atoms with E-state index < -0.39 is 29.2 Å². The Balaban J connectivity index is 2.04. The Hall–Kier alpha value is -3.53. The third kappa shape index (κ3) is 3.49. The van der Waals surface area contributed by atoms with Crippen LogP contribution >= 0.6 is 0 Å². The monoisotopic (exact) mass is 381 g/mol. The largest absolute Gasteiger partial charge is 0.436 e. The number of halogens is 2. The van der Waals surface area contributed by atoms with Crippen molar-refractivity contribution in [1.29, 1.82) is 5.26 Å². The Labute approximate surface area is 161 Å². The Morgan fingerprint density at radius 3 is 2.68 bits per heavy atom. The zero-order valence-electron chi connectivity index (χ0n) is 15.5. The van der Waals surface area contributed by atoms with Gasteiger partial charge in [-0.1, -0.05) is 18.2 Å². The summed E-state index contributed by atoms with van der Waals surface area (Å²) in [6.45, 7) is 1.25. The van der Waals surface area contributed by atoms with Crippen molar-refractivity contribution in [2.75, 3.05) is 19.0 Å². The fourth-order valence-corrected chi connectivity index (χ4v) is 2.77. The number of hydrogen-bond acceptors (Lipinski definition) is 5. The fraction of sp³-hybridized carbons (Fsp3) is 0.190. The third-order valence-corrected chi connectivity index (χ3v) is 4.37. The number of pyridine rings is 1. The van der Waals surface area contributed by atoms with Crippen LogP contribution in [0.15, 0.2) is 48.1 Å². The fourth-order valence-electron chi connectivity index (χ4n) is 2.77. The molecule has 0 radical (unpaired) electrons. The minimum atomic E-state index is -1.12. The summed E-state index contributed by atoms with van der Waals surface area (Å²) in [6, 6.07) is 8.65. The van der Waals surface area contributed by atoms with E-state index in [-0.39, 0.29) is 16.8 Å². The van der Waals surface area contributed by atoms with E-state index in [1.807, 2.05) is 25.1 Å². The van der Waals surface area contributed by atoms with Gasteiger partial charge in [0.05, 0.1) is 17.2 Å². The summed E-state index contributed by atoms with van der Waals surface area (Å²) in [5, 5.41) is 9.04. The first-order valence-electron chi connectivity index (χ1n) is 8.47. The van der Waals surface area contributed by atoms with E-state index in [4.69, 9.17) is 10.00 Å². The van der Waals surface area contributed by atoms with Crippen molar-refractivity contribution >= 4 is 11.5 Å². The number of carbonyl (C=O) groups excluding carboxylic acids is 1. The minimum absolute atomic E-state index is 0.114. The van der Waals surface area contributed by atoms with E-state index in [9.17, 15) is 13.6 Å². The van der Waals surface area contributed by atoms with Gasteiger partial charge >= 0.3 is 0 Å². The lowest BCUT2D eigenvalue weighted by Crippen LogP contribution is -2.19. The molecular formula is C21H17F2N3O2. The maximum Gasteiger partial charge on any atom is 0.256 e. The van der Waals surface area contributed by atoms with Crippen LogP contribution in [-0.4, -0.2) is 24.9 Å². The smallest absolute Gasteiger partial charge is 0.256 e. The first kappa shape index (κ1) is 19.2. The zero-order valence-corrected chi connectivity index (χ0v) is 15.5. The molecule has 0 amide bonds. The van der Waals surface area contributed by atoms with Gasteiger partial charge < -0.3 is 9.64 Å². The van der Waals surface area contributed by atoms with Crippen molar-refractivity contribution in [3.8, 4) is 17.7 Å². The molecule has 2 aromatic rings. The predicted molar refractivity (Wildman–Crippen MR) is 100 cm³/mol. The first-order valence-corrected chi connectivity index (χ1v) is 8.47. The highest BCUT2D eigenvalue weighted by Gasteiger charge is 2.30. The Morgan fingerprint density at radius 1 is 1.25 bits per heavy atom. The number of anilines is 1. The number of nitrogens with zero attached hydrogens (tertiary/aromatic N) is 3. The highest BCUT2D eigenvalue weighted by molar-refractivity contribution is 6.05. The lowest BCUT2D eigenvalue weighted by Gasteiger charge is -2.18. The molecule has 142 valence electrons. The molecule has 0 bridgehead atoms. The van der Waals surface area contributed by atoms with Crippen molar-refractivity contribution in [2.24, 2.45) is 0 Å². The summed E-state index contributed by atoms with van der Waals surface area (Å²) < 4.78 is 34.8. The van der Waals surface area contributed by atoms with Crippen molar-refractivity contribution < 1.29 is 18.3 Å². The summed E-state index contributed by atoms with van der Waals surface area (Å²) in [5.74, 6) is -3.71. The summed E-state index contributed by atoms with van der Waals surface area (Å²) >= 11 is 0. The van der Waals surface area contributed by atoms with E-state index in [0.717, 1.165) is 5.69 Å². The molecule has 1 heterocycles. The van der Waals surface area contributed by atoms with Crippen LogP contribution in [-0.2, 0) is 4.79 Å². The number of allylic oxidation sites excluding steroid dienone is 4. The standard InChI is InChI=1S/C21H17F2N3O2/c1-12-17(22)19(16-9-4-6-13(11-24)20(16)27)25-21(18(12)23)28-15-8-5-7-14(10-15)26(2)3/h4-10,16H,1-3H3. The van der Waals surface area contributed by atoms with Crippen molar-refractivity contribution in [3.05, 3.63) is 71.0 Å². The van der Waals surface area contributed by atoms with Crippen LogP contribution in [0.25, 0.3) is 0 Å². The number of carbonyl (C=O) groups is 1. The van der Waals surface area contributed by atoms with E-state index in [2.05, 4.69) is 4.98 Å². The van der Waals surface area contributed by atoms with Crippen molar-refractivity contribution in [2.45, 2.75) is 12.8 Å². The number of nitriles is 1. The Bertz CT molecular complexity index is 1050. The molecule has 0 N–H and O–H groups in total. The van der Waals surface area contributed by atoms with Crippen molar-refractivity contribution in [3.63, 3.8) is 0 Å². The summed E-state index contributed by atoms with van der Waals surface area (Å²) in [5.41, 5.74) is 0.126. The highest BCUT2D eigenvalue weighted by atomic mass is 19.1. The van der Waals surface area contributed by atoms with Gasteiger partial charge in [-0.2, -0.15) is 5.26 Å². The molecule has 0 aliphatic heterocycles. The molecule has 0 saturated heterocycles. The van der Waals surface area contributed by atoms with Gasteiger partial charge in [0, 0.05) is 31.4 Å². The predicted octanol–water partition coefficient (Wildman–Crippen LogP) is 4.20. The average molecular weight is 381 g/mol. The first-order chi connectivity index (χ1) is 13.3. The van der Waals surface area contributed by atoms with E-state index >= 15 is 0 Å². The number of rotatable bonds is 4. The van der Waals surface area contributed by atoms with Crippen molar-refractivity contribution in [1.82, 2.24) is 4.98 Å². The van der Waals surface area contributed by atoms with Crippen LogP contribution in [0.2, 0.25) is 0 Å². The van der Waals surface area contributed by atoms with Gasteiger partial charge in [0.1, 0.15) is 11.8 Å². The second-order valence-corrected chi connectivity index (χ2v) is 6.47. The SMILES string of the molecule is Cc1c(F)c(Oc2cccc(N(C)C)c2)nc(C2C=CC=C(C#N)C2=O)c1F. The molecule has 3 rings (SSSR count). The molecule has 1 atom stereocenters. The highest BCUT2D eigenvalue weighted by Crippen LogP contribution is 2.33. The minimum Gasteiger partial charge on any atom is -0.436 e. The quantitative estimate of drug-likeness (QED) is 0.794. The third-order valence-electron chi connectivity index (χ3n) is 4.37. The number of Topliss-reactive ketones (excluding diaryl/α,β-unsaturated/α-hetero) is 1. The van der Waals surface area contributed by atoms with Gasteiger partial charge in [0.15, 0.2) is 17.4 Å². The molecular weight excluding hydrogens is 364 g/mol. The number of ether oxygens (including phenoxy) is 1. The second-order valence-electron chi connectivity index (χ2n) is 6.47. The number of benzene rings is 1. The molecule has 1 aromatic carbocycles. The maximum absolute atomic E-state index is 14.7. The number of hydrogen-bond donors (Lipinski definition) is 0. The lowest BCUT2D eigenvalue weighted by atomic mass is 9.89. The summed E-state index contributed by atoms with van der Waals surface area (Å²) in [7, 11) is 3.69. The Kier molecular flexibility index (Phi) is 5.23. The molecule has 1 aromatic heterocycles. The maximum atomic E-state index is 14.7. The second kappa shape index (κ2) is 7.61. The molecule has 0 fully saturated rings. The van der Waals surface area contributed by atoms with Crippen LogP contribution in [0.3, 0.4) is 0 Å². The molecule has 7 heteroatoms. The lowest BCUT2D eigenvalue weighted by molar-refractivity contribution is -0.115. The summed E-state index contributed by atoms with van der Waals surface area (Å²) in [6.07, 6.45) is 4.24. The van der Waals surface area contributed by atoms with Gasteiger partial charge in [0.2, 0.25) is 0 Å². The Morgan fingerprint density at radius 2 is 2.00 bits per heavy atom. The molecule has 1 aliphatic rings. The molecule has 1 unspecified atom stereocenters. The van der Waals surface area contributed by atoms with Gasteiger partial charge in [0.25, 0.3) is 5.88 Å². The van der Waals surface area contributed by atoms with Crippen LogP contribution in [0.5, 0.6) is 11.6 Å². The van der Waals surface area contributed by atoms with Crippen LogP contribution in [0.4, 0.5) is 14.5 Å². The topological polar surface area (TPSA) is 66.2 Å². The number of aromatic nitrogens is 1. The normalized spacial score (nSPS) is 15.8. The average Bonchev–Trinajstić information content (AvgIpc) is 2.69. The molecule has 0 saturated carbocycles. The molecule has 5 nitrogen and oxygen atoms in total. The molecule has 0 spiro atoms. The van der Waals surface area contributed by atoms with E-state index in [0.29, 0.717) is 5.75 Å². The van der Waals surface area contributed by atoms with Crippen LogP contribution in [0.1, 0.15) is 17.2 Å². The van der Waals surface area contributed by atoms with Gasteiger partial charge in [-0.15, -0.1) is 0 Å². The van der Waals surface area contributed by atoms with E-state index in [1.165, 1.54) is 25.2 Å². The molecule has 1 aliphatic carbocycles. The molecule has 28 heavy (non-hydrogen) atoms. The van der Waals surface area contributed by atoms with Gasteiger partial charge in [-0.25, -0.2) is 13.8 Å². The van der Waals surface area contributed by atoms with Crippen LogP contribution < -0.4 is 9.64 Å². The van der Waals surface area contributed by atoms with Gasteiger partial charge in [-0.3, -0.25) is 4.79 Å². The van der Waals surface area contributed by atoms with Crippen LogP contribution in [0, 0.1) is 29.9 Å². The summed E-state index contributed by atoms with van der Waals surface area (Å²) in [4.78, 5) is 18.2. The van der Waals surface area contributed by atoms with E-state index in [1.54, 1.807) is 24.3 Å². The zero-order chi connectivity index (χ0) is 20.4. The van der Waals surface area contributed by atoms with Gasteiger partial charge in [-0.05, 0) is 25.1 Å². The number of ketones is 1.